The zero-order chi connectivity index (χ0) is 22.5. The highest BCUT2D eigenvalue weighted by Crippen LogP contribution is 2.66. The Morgan fingerprint density at radius 2 is 1.66 bits per heavy atom. The molecule has 5 rings (SSSR count). The molecular formula is C28H42O4. The van der Waals surface area contributed by atoms with E-state index in [1.807, 2.05) is 0 Å². The standard InChI is InChI=1S/C28H42O4/c1-18(29)31-21-13-15-27(2)19(17-21)9-10-22-23-11-12-25(28(23,3)16-14-24(22)27)26(30)32-20-7-5-4-6-8-20/h9,20-25H,4-8,10-17H2,1-3H3/t21-,22+,23+,24+,25-,27-,28-/m0/s1. The highest BCUT2D eigenvalue weighted by atomic mass is 16.5. The summed E-state index contributed by atoms with van der Waals surface area (Å²) in [5.74, 6) is 2.06. The van der Waals surface area contributed by atoms with Gasteiger partial charge in [0, 0.05) is 13.3 Å². The van der Waals surface area contributed by atoms with Crippen molar-refractivity contribution in [2.75, 3.05) is 0 Å². The molecule has 0 N–H and O–H groups in total. The van der Waals surface area contributed by atoms with Crippen molar-refractivity contribution in [3.8, 4) is 0 Å². The van der Waals surface area contributed by atoms with E-state index in [0.29, 0.717) is 17.8 Å². The Bertz CT molecular complexity index is 780. The summed E-state index contributed by atoms with van der Waals surface area (Å²) in [5, 5.41) is 0. The van der Waals surface area contributed by atoms with Crippen LogP contribution in [0.5, 0.6) is 0 Å². The minimum absolute atomic E-state index is 0.0580. The topological polar surface area (TPSA) is 52.6 Å². The summed E-state index contributed by atoms with van der Waals surface area (Å²) in [6, 6.07) is 0. The minimum atomic E-state index is -0.154. The van der Waals surface area contributed by atoms with Gasteiger partial charge in [0.15, 0.2) is 0 Å². The molecule has 4 nitrogen and oxygen atoms in total. The lowest BCUT2D eigenvalue weighted by atomic mass is 9.47. The van der Waals surface area contributed by atoms with Gasteiger partial charge in [-0.3, -0.25) is 9.59 Å². The molecule has 0 unspecified atom stereocenters. The first kappa shape index (κ1) is 22.5. The van der Waals surface area contributed by atoms with Gasteiger partial charge in [0.25, 0.3) is 0 Å². The van der Waals surface area contributed by atoms with E-state index < -0.39 is 0 Å². The van der Waals surface area contributed by atoms with Crippen molar-refractivity contribution in [2.24, 2.45) is 34.5 Å². The maximum Gasteiger partial charge on any atom is 0.309 e. The highest BCUT2D eigenvalue weighted by Gasteiger charge is 2.60. The molecule has 7 atom stereocenters. The average Bonchev–Trinajstić information content (AvgIpc) is 3.12. The van der Waals surface area contributed by atoms with E-state index in [0.717, 1.165) is 51.4 Å². The van der Waals surface area contributed by atoms with Gasteiger partial charge in [-0.2, -0.15) is 0 Å². The van der Waals surface area contributed by atoms with Crippen LogP contribution in [0.1, 0.15) is 104 Å². The Labute approximate surface area is 193 Å². The van der Waals surface area contributed by atoms with Crippen LogP contribution >= 0.6 is 0 Å². The maximum absolute atomic E-state index is 13.3. The summed E-state index contributed by atoms with van der Waals surface area (Å²) >= 11 is 0. The fourth-order valence-electron chi connectivity index (χ4n) is 8.78. The molecule has 0 radical (unpaired) electrons. The van der Waals surface area contributed by atoms with Gasteiger partial charge in [-0.05, 0) is 99.2 Å². The predicted molar refractivity (Wildman–Crippen MR) is 124 cm³/mol. The second-order valence-corrected chi connectivity index (χ2v) is 12.1. The van der Waals surface area contributed by atoms with Crippen LogP contribution in [0.4, 0.5) is 0 Å². The largest absolute Gasteiger partial charge is 0.462 e. The SMILES string of the molecule is CC(=O)O[C@H]1CC[C@@]2(C)C(=CC[C@@H]3[C@H]4CC[C@@H](C(=O)OC5CCCCC5)[C@@]4(C)CC[C@H]32)C1. The van der Waals surface area contributed by atoms with Gasteiger partial charge in [0.1, 0.15) is 12.2 Å². The molecule has 5 aliphatic rings. The monoisotopic (exact) mass is 442 g/mol. The number of hydrogen-bond acceptors (Lipinski definition) is 4. The van der Waals surface area contributed by atoms with Crippen LogP contribution in [-0.2, 0) is 19.1 Å². The lowest BCUT2D eigenvalue weighted by molar-refractivity contribution is -0.163. The normalized spacial score (nSPS) is 44.0. The summed E-state index contributed by atoms with van der Waals surface area (Å²) < 4.78 is 11.7. The molecule has 5 aliphatic carbocycles. The number of esters is 2. The minimum Gasteiger partial charge on any atom is -0.462 e. The van der Waals surface area contributed by atoms with Crippen molar-refractivity contribution < 1.29 is 19.1 Å². The first-order valence-electron chi connectivity index (χ1n) is 13.4. The zero-order valence-electron chi connectivity index (χ0n) is 20.4. The Morgan fingerprint density at radius 1 is 0.875 bits per heavy atom. The van der Waals surface area contributed by atoms with E-state index in [1.54, 1.807) is 0 Å². The highest BCUT2D eigenvalue weighted by molar-refractivity contribution is 5.74. The Kier molecular flexibility index (Phi) is 5.95. The van der Waals surface area contributed by atoms with Crippen LogP contribution in [0.3, 0.4) is 0 Å². The lowest BCUT2D eigenvalue weighted by Gasteiger charge is -2.57. The van der Waals surface area contributed by atoms with Gasteiger partial charge < -0.3 is 9.47 Å². The molecule has 0 aromatic rings. The third-order valence-corrected chi connectivity index (χ3v) is 10.5. The number of fused-ring (bicyclic) bond motifs is 5. The van der Waals surface area contributed by atoms with Gasteiger partial charge in [0.2, 0.25) is 0 Å². The fourth-order valence-corrected chi connectivity index (χ4v) is 8.78. The lowest BCUT2D eigenvalue weighted by Crippen LogP contribution is -2.51. The predicted octanol–water partition coefficient (Wildman–Crippen LogP) is 6.37. The van der Waals surface area contributed by atoms with E-state index in [4.69, 9.17) is 9.47 Å². The van der Waals surface area contributed by atoms with Gasteiger partial charge in [-0.25, -0.2) is 0 Å². The molecule has 0 heterocycles. The number of allylic oxidation sites excluding steroid dienone is 1. The van der Waals surface area contributed by atoms with Crippen molar-refractivity contribution in [3.05, 3.63) is 11.6 Å². The van der Waals surface area contributed by atoms with Crippen LogP contribution in [-0.4, -0.2) is 24.1 Å². The molecule has 0 amide bonds. The third kappa shape index (κ3) is 3.74. The number of ether oxygens (including phenoxy) is 2. The smallest absolute Gasteiger partial charge is 0.309 e. The van der Waals surface area contributed by atoms with Crippen molar-refractivity contribution in [2.45, 2.75) is 116 Å². The fraction of sp³-hybridized carbons (Fsp3) is 0.857. The Balaban J connectivity index is 1.30. The molecule has 32 heavy (non-hydrogen) atoms. The summed E-state index contributed by atoms with van der Waals surface area (Å²) in [7, 11) is 0. The second-order valence-electron chi connectivity index (χ2n) is 12.1. The molecule has 4 heteroatoms. The quantitative estimate of drug-likeness (QED) is 0.376. The summed E-state index contributed by atoms with van der Waals surface area (Å²) in [5.41, 5.74) is 1.87. The van der Waals surface area contributed by atoms with Crippen molar-refractivity contribution >= 4 is 11.9 Å². The molecule has 0 spiro atoms. The van der Waals surface area contributed by atoms with Crippen molar-refractivity contribution in [3.63, 3.8) is 0 Å². The number of carbonyl (C=O) groups excluding carboxylic acids is 2. The third-order valence-electron chi connectivity index (χ3n) is 10.5. The molecule has 0 saturated heterocycles. The zero-order valence-corrected chi connectivity index (χ0v) is 20.4. The summed E-state index contributed by atoms with van der Waals surface area (Å²) in [6.45, 7) is 6.41. The number of rotatable bonds is 3. The van der Waals surface area contributed by atoms with Crippen LogP contribution in [0.2, 0.25) is 0 Å². The first-order valence-corrected chi connectivity index (χ1v) is 13.4. The van der Waals surface area contributed by atoms with E-state index in [2.05, 4.69) is 19.9 Å². The van der Waals surface area contributed by atoms with Gasteiger partial charge in [-0.1, -0.05) is 31.9 Å². The molecule has 0 aromatic heterocycles. The van der Waals surface area contributed by atoms with Crippen LogP contribution in [0.25, 0.3) is 0 Å². The molecule has 0 aromatic carbocycles. The van der Waals surface area contributed by atoms with E-state index in [1.165, 1.54) is 44.6 Å². The van der Waals surface area contributed by atoms with Gasteiger partial charge in [0.05, 0.1) is 5.92 Å². The van der Waals surface area contributed by atoms with Gasteiger partial charge >= 0.3 is 11.9 Å². The molecule has 178 valence electrons. The maximum atomic E-state index is 13.3. The van der Waals surface area contributed by atoms with Crippen LogP contribution < -0.4 is 0 Å². The average molecular weight is 443 g/mol. The number of carbonyl (C=O) groups is 2. The Hall–Kier alpha value is -1.32. The van der Waals surface area contributed by atoms with Crippen LogP contribution in [0.15, 0.2) is 11.6 Å². The van der Waals surface area contributed by atoms with E-state index >= 15 is 0 Å². The molecular weight excluding hydrogens is 400 g/mol. The van der Waals surface area contributed by atoms with Gasteiger partial charge in [-0.15, -0.1) is 0 Å². The van der Waals surface area contributed by atoms with E-state index in [9.17, 15) is 9.59 Å². The summed E-state index contributed by atoms with van der Waals surface area (Å²) in [6.07, 6.45) is 17.2. The summed E-state index contributed by atoms with van der Waals surface area (Å²) in [4.78, 5) is 24.7. The Morgan fingerprint density at radius 3 is 2.41 bits per heavy atom. The van der Waals surface area contributed by atoms with Crippen molar-refractivity contribution in [1.82, 2.24) is 0 Å². The van der Waals surface area contributed by atoms with Crippen LogP contribution in [0, 0.1) is 34.5 Å². The molecule has 0 bridgehead atoms. The van der Waals surface area contributed by atoms with E-state index in [-0.39, 0.29) is 40.9 Å². The molecule has 0 aliphatic heterocycles. The molecule has 4 saturated carbocycles. The van der Waals surface area contributed by atoms with Crippen molar-refractivity contribution in [1.29, 1.82) is 0 Å². The second kappa shape index (κ2) is 8.47. The first-order chi connectivity index (χ1) is 15.3. The molecule has 4 fully saturated rings. The number of hydrogen-bond donors (Lipinski definition) is 0.